The van der Waals surface area contributed by atoms with Crippen molar-refractivity contribution in [2.45, 2.75) is 38.3 Å². The fraction of sp³-hybridized carbons (Fsp3) is 0.450. The summed E-state index contributed by atoms with van der Waals surface area (Å²) in [4.78, 5) is 7.56. The molecule has 0 atom stereocenters. The molecule has 1 fully saturated rings. The monoisotopic (exact) mass is 379 g/mol. The van der Waals surface area contributed by atoms with Crippen LogP contribution in [0.2, 0.25) is 0 Å². The lowest BCUT2D eigenvalue weighted by atomic mass is 9.93. The molecule has 1 aromatic heterocycles. The molecule has 0 amide bonds. The van der Waals surface area contributed by atoms with Crippen molar-refractivity contribution in [1.29, 1.82) is 0 Å². The van der Waals surface area contributed by atoms with E-state index in [-0.39, 0.29) is 24.8 Å². The number of halogens is 2. The van der Waals surface area contributed by atoms with Gasteiger partial charge in [0.2, 0.25) is 0 Å². The van der Waals surface area contributed by atoms with Gasteiger partial charge in [0.05, 0.1) is 0 Å². The first-order chi connectivity index (χ1) is 11.4. The highest BCUT2D eigenvalue weighted by atomic mass is 35.5. The summed E-state index contributed by atoms with van der Waals surface area (Å²) in [6.07, 6.45) is 3.54. The van der Waals surface area contributed by atoms with Crippen LogP contribution >= 0.6 is 24.8 Å². The van der Waals surface area contributed by atoms with Gasteiger partial charge in [0.25, 0.3) is 0 Å². The lowest BCUT2D eigenvalue weighted by Gasteiger charge is -2.29. The van der Waals surface area contributed by atoms with E-state index in [1.54, 1.807) is 0 Å². The highest BCUT2D eigenvalue weighted by molar-refractivity contribution is 5.85. The number of rotatable bonds is 3. The zero-order chi connectivity index (χ0) is 15.5. The van der Waals surface area contributed by atoms with E-state index in [2.05, 4.69) is 52.7 Å². The molecule has 0 bridgehead atoms. The summed E-state index contributed by atoms with van der Waals surface area (Å²) in [5.41, 5.74) is 5.48. The zero-order valence-electron chi connectivity index (χ0n) is 14.5. The Morgan fingerprint density at radius 3 is 2.52 bits per heavy atom. The number of pyridine rings is 1. The summed E-state index contributed by atoms with van der Waals surface area (Å²) in [7, 11) is 0. The summed E-state index contributed by atoms with van der Waals surface area (Å²) < 4.78 is 0. The van der Waals surface area contributed by atoms with E-state index in [1.807, 2.05) is 0 Å². The Labute approximate surface area is 163 Å². The van der Waals surface area contributed by atoms with Crippen molar-refractivity contribution >= 4 is 24.8 Å². The first kappa shape index (κ1) is 20.2. The number of nitrogens with one attached hydrogen (secondary N) is 1. The Bertz CT molecular complexity index is 657. The van der Waals surface area contributed by atoms with E-state index in [0.717, 1.165) is 39.1 Å². The molecule has 5 heteroatoms. The van der Waals surface area contributed by atoms with Crippen molar-refractivity contribution in [3.8, 4) is 0 Å². The average molecular weight is 380 g/mol. The molecule has 0 radical (unpaired) electrons. The van der Waals surface area contributed by atoms with Gasteiger partial charge in [-0.2, -0.15) is 0 Å². The minimum absolute atomic E-state index is 0. The quantitative estimate of drug-likeness (QED) is 0.874. The molecule has 2 aliphatic heterocycles. The molecule has 25 heavy (non-hydrogen) atoms. The van der Waals surface area contributed by atoms with Crippen LogP contribution in [0.5, 0.6) is 0 Å². The molecule has 1 aromatic carbocycles. The predicted molar refractivity (Wildman–Crippen MR) is 108 cm³/mol. The van der Waals surface area contributed by atoms with Gasteiger partial charge >= 0.3 is 0 Å². The summed E-state index contributed by atoms with van der Waals surface area (Å²) in [5, 5.41) is 3.44. The minimum Gasteiger partial charge on any atom is -0.317 e. The molecule has 4 rings (SSSR count). The Kier molecular flexibility index (Phi) is 7.70. The van der Waals surface area contributed by atoms with Gasteiger partial charge in [-0.25, -0.2) is 0 Å². The van der Waals surface area contributed by atoms with Crippen molar-refractivity contribution in [2.75, 3.05) is 19.6 Å². The van der Waals surface area contributed by atoms with Gasteiger partial charge in [-0.05, 0) is 43.1 Å². The van der Waals surface area contributed by atoms with Crippen LogP contribution in [-0.2, 0) is 19.5 Å². The van der Waals surface area contributed by atoms with E-state index >= 15 is 0 Å². The third kappa shape index (κ3) is 4.95. The highest BCUT2D eigenvalue weighted by Gasteiger charge is 2.21. The molecule has 3 nitrogen and oxygen atoms in total. The Balaban J connectivity index is 0.00000113. The number of benzene rings is 1. The van der Waals surface area contributed by atoms with Crippen LogP contribution in [0, 0.1) is 0 Å². The van der Waals surface area contributed by atoms with Crippen molar-refractivity contribution < 1.29 is 0 Å². The van der Waals surface area contributed by atoms with E-state index in [4.69, 9.17) is 4.98 Å². The second-order valence-corrected chi connectivity index (χ2v) is 6.81. The van der Waals surface area contributed by atoms with Crippen LogP contribution in [0.25, 0.3) is 0 Å². The molecule has 136 valence electrons. The SMILES string of the molecule is Cl.Cl.c1ccc(CN2CCc3nc(C4CCNCC4)ccc3C2)cc1. The molecule has 1 saturated heterocycles. The maximum Gasteiger partial charge on any atom is 0.0464 e. The molecule has 0 unspecified atom stereocenters. The topological polar surface area (TPSA) is 28.2 Å². The third-order valence-corrected chi connectivity index (χ3v) is 5.16. The molecule has 1 N–H and O–H groups in total. The van der Waals surface area contributed by atoms with Crippen LogP contribution in [-0.4, -0.2) is 29.5 Å². The van der Waals surface area contributed by atoms with Gasteiger partial charge in [-0.15, -0.1) is 24.8 Å². The molecule has 0 aliphatic carbocycles. The number of hydrogen-bond donors (Lipinski definition) is 1. The van der Waals surface area contributed by atoms with E-state index in [9.17, 15) is 0 Å². The molecule has 0 spiro atoms. The maximum atomic E-state index is 5.02. The van der Waals surface area contributed by atoms with Crippen LogP contribution < -0.4 is 5.32 Å². The minimum atomic E-state index is 0. The predicted octanol–water partition coefficient (Wildman–Crippen LogP) is 3.95. The van der Waals surface area contributed by atoms with E-state index in [1.165, 1.54) is 35.4 Å². The van der Waals surface area contributed by atoms with Gasteiger partial charge < -0.3 is 5.32 Å². The molecule has 0 saturated carbocycles. The number of nitrogens with zero attached hydrogens (tertiary/aromatic N) is 2. The molecule has 2 aliphatic rings. The maximum absolute atomic E-state index is 5.02. The van der Waals surface area contributed by atoms with Crippen molar-refractivity contribution in [3.63, 3.8) is 0 Å². The summed E-state index contributed by atoms with van der Waals surface area (Å²) in [6, 6.07) is 15.4. The fourth-order valence-corrected chi connectivity index (χ4v) is 3.81. The van der Waals surface area contributed by atoms with Gasteiger partial charge in [0.1, 0.15) is 0 Å². The molecular weight excluding hydrogens is 353 g/mol. The number of fused-ring (bicyclic) bond motifs is 1. The summed E-state index contributed by atoms with van der Waals surface area (Å²) in [5.74, 6) is 0.656. The van der Waals surface area contributed by atoms with Gasteiger partial charge in [-0.3, -0.25) is 9.88 Å². The first-order valence-electron chi connectivity index (χ1n) is 8.84. The van der Waals surface area contributed by atoms with Crippen LogP contribution in [0.4, 0.5) is 0 Å². The first-order valence-corrected chi connectivity index (χ1v) is 8.84. The van der Waals surface area contributed by atoms with Gasteiger partial charge in [0, 0.05) is 43.4 Å². The van der Waals surface area contributed by atoms with Crippen molar-refractivity contribution in [2.24, 2.45) is 0 Å². The Morgan fingerprint density at radius 1 is 1.00 bits per heavy atom. The van der Waals surface area contributed by atoms with Crippen LogP contribution in [0.1, 0.15) is 41.3 Å². The smallest absolute Gasteiger partial charge is 0.0464 e. The molecule has 2 aromatic rings. The fourth-order valence-electron chi connectivity index (χ4n) is 3.81. The van der Waals surface area contributed by atoms with E-state index in [0.29, 0.717) is 5.92 Å². The standard InChI is InChI=1S/C20H25N3.2ClH/c1-2-4-16(5-3-1)14-23-13-10-20-18(15-23)6-7-19(22-20)17-8-11-21-12-9-17;;/h1-7,17,21H,8-15H2;2*1H. The normalized spacial score (nSPS) is 17.9. The Morgan fingerprint density at radius 2 is 1.76 bits per heavy atom. The third-order valence-electron chi connectivity index (χ3n) is 5.16. The van der Waals surface area contributed by atoms with Crippen LogP contribution in [0.3, 0.4) is 0 Å². The number of hydrogen-bond acceptors (Lipinski definition) is 3. The van der Waals surface area contributed by atoms with Crippen molar-refractivity contribution in [1.82, 2.24) is 15.2 Å². The Hall–Kier alpha value is -1.13. The molecule has 3 heterocycles. The molecular formula is C20H27Cl2N3. The van der Waals surface area contributed by atoms with E-state index < -0.39 is 0 Å². The summed E-state index contributed by atoms with van der Waals surface area (Å²) in [6.45, 7) is 5.45. The zero-order valence-corrected chi connectivity index (χ0v) is 16.1. The second-order valence-electron chi connectivity index (χ2n) is 6.81. The number of piperidine rings is 1. The summed E-state index contributed by atoms with van der Waals surface area (Å²) >= 11 is 0. The van der Waals surface area contributed by atoms with Crippen molar-refractivity contribution in [3.05, 3.63) is 65.0 Å². The van der Waals surface area contributed by atoms with Gasteiger partial charge in [-0.1, -0.05) is 36.4 Å². The highest BCUT2D eigenvalue weighted by Crippen LogP contribution is 2.26. The lowest BCUT2D eigenvalue weighted by molar-refractivity contribution is 0.243. The number of aromatic nitrogens is 1. The lowest BCUT2D eigenvalue weighted by Crippen LogP contribution is -2.31. The average Bonchev–Trinajstić information content (AvgIpc) is 2.63. The van der Waals surface area contributed by atoms with Crippen LogP contribution in [0.15, 0.2) is 42.5 Å². The largest absolute Gasteiger partial charge is 0.317 e. The second kappa shape index (κ2) is 9.54. The van der Waals surface area contributed by atoms with Gasteiger partial charge in [0.15, 0.2) is 0 Å².